The lowest BCUT2D eigenvalue weighted by Crippen LogP contribution is -2.48. The fourth-order valence-corrected chi connectivity index (χ4v) is 2.79. The highest BCUT2D eigenvalue weighted by molar-refractivity contribution is 5.92. The molecule has 3 heterocycles. The lowest BCUT2D eigenvalue weighted by Gasteiger charge is -2.37. The lowest BCUT2D eigenvalue weighted by atomic mass is 9.90. The van der Waals surface area contributed by atoms with Crippen molar-refractivity contribution in [3.8, 4) is 0 Å². The van der Waals surface area contributed by atoms with Gasteiger partial charge in [-0.15, -0.1) is 5.10 Å². The summed E-state index contributed by atoms with van der Waals surface area (Å²) < 4.78 is 1.72. The molecule has 1 saturated heterocycles. The van der Waals surface area contributed by atoms with Gasteiger partial charge in [0.1, 0.15) is 17.0 Å². The molecule has 0 radical (unpaired) electrons. The summed E-state index contributed by atoms with van der Waals surface area (Å²) in [5.74, 6) is -0.0978. The maximum absolute atomic E-state index is 12.4. The first-order valence-electron chi connectivity index (χ1n) is 7.57. The van der Waals surface area contributed by atoms with E-state index in [2.05, 4.69) is 15.3 Å². The maximum Gasteiger partial charge on any atom is 0.270 e. The van der Waals surface area contributed by atoms with E-state index in [9.17, 15) is 9.90 Å². The van der Waals surface area contributed by atoms with Crippen molar-refractivity contribution in [2.45, 2.75) is 38.3 Å². The predicted molar refractivity (Wildman–Crippen MR) is 80.2 cm³/mol. The average molecular weight is 303 g/mol. The number of aliphatic hydroxyl groups is 1. The van der Waals surface area contributed by atoms with E-state index in [-0.39, 0.29) is 18.5 Å². The zero-order valence-corrected chi connectivity index (χ0v) is 12.9. The molecular formula is C15H21N5O2. The van der Waals surface area contributed by atoms with Crippen molar-refractivity contribution in [2.24, 2.45) is 0 Å². The number of likely N-dealkylation sites (tertiary alicyclic amines) is 1. The molecule has 22 heavy (non-hydrogen) atoms. The van der Waals surface area contributed by atoms with Gasteiger partial charge in [-0.1, -0.05) is 5.21 Å². The van der Waals surface area contributed by atoms with Crippen LogP contribution in [0.5, 0.6) is 0 Å². The van der Waals surface area contributed by atoms with Crippen LogP contribution in [-0.4, -0.2) is 49.0 Å². The number of aromatic nitrogens is 4. The highest BCUT2D eigenvalue weighted by Gasteiger charge is 2.39. The largest absolute Gasteiger partial charge is 0.382 e. The molecule has 0 aromatic carbocycles. The lowest BCUT2D eigenvalue weighted by molar-refractivity contribution is -0.0322. The molecule has 1 atom stereocenters. The van der Waals surface area contributed by atoms with Gasteiger partial charge in [0.05, 0.1) is 12.7 Å². The minimum atomic E-state index is -1.13. The van der Waals surface area contributed by atoms with Crippen molar-refractivity contribution < 1.29 is 9.90 Å². The Morgan fingerprint density at radius 1 is 1.50 bits per heavy atom. The molecule has 1 fully saturated rings. The van der Waals surface area contributed by atoms with E-state index in [1.165, 1.54) is 0 Å². The number of nitrogens with zero attached hydrogens (tertiary/aromatic N) is 4. The van der Waals surface area contributed by atoms with Gasteiger partial charge in [0.25, 0.3) is 5.91 Å². The van der Waals surface area contributed by atoms with Crippen LogP contribution in [0.25, 0.3) is 0 Å². The van der Waals surface area contributed by atoms with Gasteiger partial charge < -0.3 is 15.0 Å². The quantitative estimate of drug-likeness (QED) is 0.895. The third kappa shape index (κ3) is 2.64. The van der Waals surface area contributed by atoms with Crippen molar-refractivity contribution >= 4 is 5.91 Å². The van der Waals surface area contributed by atoms with Gasteiger partial charge in [0.15, 0.2) is 0 Å². The summed E-state index contributed by atoms with van der Waals surface area (Å²) in [6.45, 7) is 4.88. The molecule has 0 bridgehead atoms. The summed E-state index contributed by atoms with van der Waals surface area (Å²) in [7, 11) is 0. The van der Waals surface area contributed by atoms with E-state index < -0.39 is 5.60 Å². The molecule has 2 aromatic heterocycles. The topological polar surface area (TPSA) is 87.0 Å². The van der Waals surface area contributed by atoms with Crippen molar-refractivity contribution in [1.29, 1.82) is 0 Å². The number of hydrogen-bond donors (Lipinski definition) is 2. The molecule has 7 nitrogen and oxygen atoms in total. The van der Waals surface area contributed by atoms with E-state index in [0.29, 0.717) is 24.4 Å². The first-order valence-corrected chi connectivity index (χ1v) is 7.57. The Bertz CT molecular complexity index is 649. The van der Waals surface area contributed by atoms with Gasteiger partial charge in [-0.3, -0.25) is 4.79 Å². The highest BCUT2D eigenvalue weighted by Crippen LogP contribution is 2.31. The Morgan fingerprint density at radius 3 is 2.95 bits per heavy atom. The van der Waals surface area contributed by atoms with Crippen LogP contribution >= 0.6 is 0 Å². The fraction of sp³-hybridized carbons (Fsp3) is 0.533. The Morgan fingerprint density at radius 2 is 2.32 bits per heavy atom. The molecule has 0 unspecified atom stereocenters. The number of nitrogens with one attached hydrogen (secondary N) is 1. The molecular weight excluding hydrogens is 282 g/mol. The van der Waals surface area contributed by atoms with E-state index in [1.54, 1.807) is 34.1 Å². The molecule has 1 aliphatic heterocycles. The number of hydrogen-bond acceptors (Lipinski definition) is 4. The number of β-amino-alcohol motifs (C(OH)–C–C–N with tert-alkyl or cyclic N) is 1. The zero-order valence-electron chi connectivity index (χ0n) is 12.9. The Kier molecular flexibility index (Phi) is 3.74. The summed E-state index contributed by atoms with van der Waals surface area (Å²) in [4.78, 5) is 17.0. The van der Waals surface area contributed by atoms with Crippen LogP contribution in [0.2, 0.25) is 0 Å². The summed E-state index contributed by atoms with van der Waals surface area (Å²) in [5, 5.41) is 19.1. The van der Waals surface area contributed by atoms with Crippen molar-refractivity contribution in [3.05, 3.63) is 35.9 Å². The number of carbonyl (C=O) groups excluding carboxylic acids is 1. The second-order valence-corrected chi connectivity index (χ2v) is 6.12. The summed E-state index contributed by atoms with van der Waals surface area (Å²) in [6.07, 6.45) is 4.81. The standard InChI is InChI=1S/C15H21N5O2/c1-11(2)20-9-13(17-18-20)15(22)6-4-8-19(10-15)14(21)12-5-3-7-16-12/h3,5,7,9,11,16,22H,4,6,8,10H2,1-2H3/t15-/m1/s1. The van der Waals surface area contributed by atoms with Crippen LogP contribution in [0.15, 0.2) is 24.5 Å². The van der Waals surface area contributed by atoms with Gasteiger partial charge in [-0.25, -0.2) is 4.68 Å². The molecule has 7 heteroatoms. The van der Waals surface area contributed by atoms with Gasteiger partial charge in [-0.2, -0.15) is 0 Å². The minimum Gasteiger partial charge on any atom is -0.382 e. The van der Waals surface area contributed by atoms with E-state index in [1.807, 2.05) is 13.8 Å². The molecule has 0 spiro atoms. The highest BCUT2D eigenvalue weighted by atomic mass is 16.3. The van der Waals surface area contributed by atoms with Crippen molar-refractivity contribution in [3.63, 3.8) is 0 Å². The minimum absolute atomic E-state index is 0.0978. The first-order chi connectivity index (χ1) is 10.5. The third-order valence-corrected chi connectivity index (χ3v) is 4.10. The Balaban J connectivity index is 1.80. The van der Waals surface area contributed by atoms with Crippen LogP contribution in [0.1, 0.15) is 48.9 Å². The van der Waals surface area contributed by atoms with Crippen LogP contribution in [0.4, 0.5) is 0 Å². The smallest absolute Gasteiger partial charge is 0.270 e. The maximum atomic E-state index is 12.4. The van der Waals surface area contributed by atoms with Gasteiger partial charge in [0.2, 0.25) is 0 Å². The van der Waals surface area contributed by atoms with Gasteiger partial charge >= 0.3 is 0 Å². The molecule has 2 aromatic rings. The summed E-state index contributed by atoms with van der Waals surface area (Å²) >= 11 is 0. The number of aromatic amines is 1. The first kappa shape index (κ1) is 14.8. The van der Waals surface area contributed by atoms with Gasteiger partial charge in [-0.05, 0) is 38.8 Å². The van der Waals surface area contributed by atoms with Crippen LogP contribution in [0, 0.1) is 0 Å². The monoisotopic (exact) mass is 303 g/mol. The number of H-pyrrole nitrogens is 1. The molecule has 3 rings (SSSR count). The normalized spacial score (nSPS) is 22.3. The molecule has 0 aliphatic carbocycles. The van der Waals surface area contributed by atoms with Gasteiger partial charge in [0, 0.05) is 18.8 Å². The molecule has 1 aliphatic rings. The van der Waals surface area contributed by atoms with E-state index in [0.717, 1.165) is 6.42 Å². The molecule has 1 amide bonds. The van der Waals surface area contributed by atoms with Crippen molar-refractivity contribution in [1.82, 2.24) is 24.9 Å². The van der Waals surface area contributed by atoms with E-state index in [4.69, 9.17) is 0 Å². The molecule has 0 saturated carbocycles. The molecule has 118 valence electrons. The number of piperidine rings is 1. The number of carbonyl (C=O) groups is 1. The second kappa shape index (κ2) is 5.57. The fourth-order valence-electron chi connectivity index (χ4n) is 2.79. The summed E-state index contributed by atoms with van der Waals surface area (Å²) in [6, 6.07) is 3.72. The van der Waals surface area contributed by atoms with E-state index >= 15 is 0 Å². The molecule has 2 N–H and O–H groups in total. The third-order valence-electron chi connectivity index (χ3n) is 4.10. The predicted octanol–water partition coefficient (Wildman–Crippen LogP) is 1.31. The SMILES string of the molecule is CC(C)n1cc([C@@]2(O)CCCN(C(=O)c3ccc[nH]3)C2)nn1. The van der Waals surface area contributed by atoms with Crippen LogP contribution < -0.4 is 0 Å². The Hall–Kier alpha value is -2.15. The number of rotatable bonds is 3. The summed E-state index contributed by atoms with van der Waals surface area (Å²) in [5.41, 5.74) is -0.0616. The Labute approximate surface area is 128 Å². The van der Waals surface area contributed by atoms with Crippen LogP contribution in [-0.2, 0) is 5.60 Å². The second-order valence-electron chi connectivity index (χ2n) is 6.12. The zero-order chi connectivity index (χ0) is 15.7. The number of amides is 1. The van der Waals surface area contributed by atoms with Crippen molar-refractivity contribution in [2.75, 3.05) is 13.1 Å². The van der Waals surface area contributed by atoms with Crippen LogP contribution in [0.3, 0.4) is 0 Å². The average Bonchev–Trinajstić information content (AvgIpc) is 3.18.